The van der Waals surface area contributed by atoms with Crippen LogP contribution in [-0.4, -0.2) is 19.3 Å². The van der Waals surface area contributed by atoms with Crippen LogP contribution in [0.15, 0.2) is 36.4 Å². The number of ether oxygens (including phenoxy) is 2. The summed E-state index contributed by atoms with van der Waals surface area (Å²) in [5.41, 5.74) is 2.36. The Kier molecular flexibility index (Phi) is 4.53. The molecular formula is C16H17ClO3. The Morgan fingerprint density at radius 3 is 2.40 bits per heavy atom. The zero-order valence-corrected chi connectivity index (χ0v) is 12.4. The molecule has 0 aliphatic rings. The molecule has 0 heterocycles. The van der Waals surface area contributed by atoms with E-state index in [0.717, 1.165) is 11.1 Å². The molecule has 1 atom stereocenters. The maximum absolute atomic E-state index is 10.6. The van der Waals surface area contributed by atoms with Crippen molar-refractivity contribution >= 4 is 11.6 Å². The van der Waals surface area contributed by atoms with Crippen LogP contribution in [-0.2, 0) is 0 Å². The van der Waals surface area contributed by atoms with Crippen molar-refractivity contribution in [1.29, 1.82) is 0 Å². The van der Waals surface area contributed by atoms with Gasteiger partial charge in [0.2, 0.25) is 0 Å². The van der Waals surface area contributed by atoms with Gasteiger partial charge in [0.1, 0.15) is 17.6 Å². The molecule has 0 radical (unpaired) electrons. The van der Waals surface area contributed by atoms with Crippen molar-refractivity contribution in [1.82, 2.24) is 0 Å². The number of rotatable bonds is 4. The predicted octanol–water partition coefficient (Wildman–Crippen LogP) is 3.75. The lowest BCUT2D eigenvalue weighted by molar-refractivity contribution is 0.214. The highest BCUT2D eigenvalue weighted by molar-refractivity contribution is 6.30. The van der Waals surface area contributed by atoms with E-state index in [1.165, 1.54) is 0 Å². The number of aryl methyl sites for hydroxylation is 1. The van der Waals surface area contributed by atoms with E-state index in [9.17, 15) is 5.11 Å². The van der Waals surface area contributed by atoms with Crippen molar-refractivity contribution in [2.75, 3.05) is 14.2 Å². The number of halogens is 1. The van der Waals surface area contributed by atoms with Gasteiger partial charge in [0.15, 0.2) is 0 Å². The number of methoxy groups -OCH3 is 2. The molecular weight excluding hydrogens is 276 g/mol. The van der Waals surface area contributed by atoms with Gasteiger partial charge in [0, 0.05) is 10.6 Å². The van der Waals surface area contributed by atoms with E-state index in [-0.39, 0.29) is 0 Å². The standard InChI is InChI=1S/C16H17ClO3/c1-10-6-11(8-12(17)7-10)16(18)14-9-13(19-2)4-5-15(14)20-3/h4-9,16,18H,1-3H3. The first-order valence-electron chi connectivity index (χ1n) is 6.22. The first-order valence-corrected chi connectivity index (χ1v) is 6.60. The third kappa shape index (κ3) is 3.06. The molecule has 0 aromatic heterocycles. The van der Waals surface area contributed by atoms with Crippen molar-refractivity contribution in [2.45, 2.75) is 13.0 Å². The van der Waals surface area contributed by atoms with Gasteiger partial charge in [-0.1, -0.05) is 17.7 Å². The van der Waals surface area contributed by atoms with E-state index in [2.05, 4.69) is 0 Å². The van der Waals surface area contributed by atoms with Gasteiger partial charge in [-0.25, -0.2) is 0 Å². The molecule has 1 N–H and O–H groups in total. The zero-order chi connectivity index (χ0) is 14.7. The van der Waals surface area contributed by atoms with Crippen LogP contribution in [0.1, 0.15) is 22.8 Å². The van der Waals surface area contributed by atoms with Gasteiger partial charge in [-0.05, 0) is 48.4 Å². The number of benzene rings is 2. The van der Waals surface area contributed by atoms with Crippen molar-refractivity contribution in [3.05, 3.63) is 58.1 Å². The van der Waals surface area contributed by atoms with Gasteiger partial charge >= 0.3 is 0 Å². The molecule has 0 aliphatic carbocycles. The molecule has 2 aromatic carbocycles. The Hall–Kier alpha value is -1.71. The minimum Gasteiger partial charge on any atom is -0.497 e. The largest absolute Gasteiger partial charge is 0.497 e. The summed E-state index contributed by atoms with van der Waals surface area (Å²) in [6.07, 6.45) is -0.822. The van der Waals surface area contributed by atoms with Gasteiger partial charge < -0.3 is 14.6 Å². The van der Waals surface area contributed by atoms with Crippen molar-refractivity contribution in [3.8, 4) is 11.5 Å². The molecule has 0 fully saturated rings. The maximum atomic E-state index is 10.6. The highest BCUT2D eigenvalue weighted by atomic mass is 35.5. The lowest BCUT2D eigenvalue weighted by Gasteiger charge is -2.17. The summed E-state index contributed by atoms with van der Waals surface area (Å²) < 4.78 is 10.5. The molecule has 0 saturated carbocycles. The Balaban J connectivity index is 2.48. The van der Waals surface area contributed by atoms with Crippen LogP contribution >= 0.6 is 11.6 Å². The SMILES string of the molecule is COc1ccc(OC)c(C(O)c2cc(C)cc(Cl)c2)c1. The van der Waals surface area contributed by atoms with Gasteiger partial charge in [-0.2, -0.15) is 0 Å². The van der Waals surface area contributed by atoms with Crippen LogP contribution in [0, 0.1) is 6.92 Å². The molecule has 3 nitrogen and oxygen atoms in total. The third-order valence-electron chi connectivity index (χ3n) is 3.11. The van der Waals surface area contributed by atoms with E-state index in [0.29, 0.717) is 22.1 Å². The van der Waals surface area contributed by atoms with E-state index in [4.69, 9.17) is 21.1 Å². The average molecular weight is 293 g/mol. The summed E-state index contributed by atoms with van der Waals surface area (Å²) in [4.78, 5) is 0. The van der Waals surface area contributed by atoms with Crippen LogP contribution in [0.4, 0.5) is 0 Å². The Morgan fingerprint density at radius 1 is 1.05 bits per heavy atom. The van der Waals surface area contributed by atoms with Gasteiger partial charge in [0.25, 0.3) is 0 Å². The van der Waals surface area contributed by atoms with Gasteiger partial charge in [-0.3, -0.25) is 0 Å². The molecule has 0 saturated heterocycles. The molecule has 2 rings (SSSR count). The lowest BCUT2D eigenvalue weighted by Crippen LogP contribution is -2.03. The van der Waals surface area contributed by atoms with E-state index in [1.807, 2.05) is 19.1 Å². The van der Waals surface area contributed by atoms with Gasteiger partial charge in [-0.15, -0.1) is 0 Å². The second-order valence-corrected chi connectivity index (χ2v) is 5.01. The highest BCUT2D eigenvalue weighted by Crippen LogP contribution is 2.34. The normalized spacial score (nSPS) is 12.1. The number of hydrogen-bond donors (Lipinski definition) is 1. The topological polar surface area (TPSA) is 38.7 Å². The first kappa shape index (κ1) is 14.7. The first-order chi connectivity index (χ1) is 9.55. The van der Waals surface area contributed by atoms with Crippen molar-refractivity contribution in [2.24, 2.45) is 0 Å². The summed E-state index contributed by atoms with van der Waals surface area (Å²) in [6, 6.07) is 10.8. The highest BCUT2D eigenvalue weighted by Gasteiger charge is 2.17. The smallest absolute Gasteiger partial charge is 0.125 e. The molecule has 0 bridgehead atoms. The van der Waals surface area contributed by atoms with Crippen LogP contribution in [0.3, 0.4) is 0 Å². The summed E-state index contributed by atoms with van der Waals surface area (Å²) in [7, 11) is 3.16. The Labute approximate surface area is 123 Å². The van der Waals surface area contributed by atoms with Crippen LogP contribution in [0.5, 0.6) is 11.5 Å². The van der Waals surface area contributed by atoms with Gasteiger partial charge in [0.05, 0.1) is 14.2 Å². The average Bonchev–Trinajstić information content (AvgIpc) is 2.44. The summed E-state index contributed by atoms with van der Waals surface area (Å²) in [5, 5.41) is 11.2. The zero-order valence-electron chi connectivity index (χ0n) is 11.7. The van der Waals surface area contributed by atoms with Crippen molar-refractivity contribution < 1.29 is 14.6 Å². The molecule has 2 aromatic rings. The lowest BCUT2D eigenvalue weighted by atomic mass is 9.99. The monoisotopic (exact) mass is 292 g/mol. The number of aliphatic hydroxyl groups excluding tert-OH is 1. The second-order valence-electron chi connectivity index (χ2n) is 4.57. The van der Waals surface area contributed by atoms with Crippen molar-refractivity contribution in [3.63, 3.8) is 0 Å². The minimum absolute atomic E-state index is 0.598. The number of hydrogen-bond acceptors (Lipinski definition) is 3. The fourth-order valence-electron chi connectivity index (χ4n) is 2.16. The summed E-state index contributed by atoms with van der Waals surface area (Å²) >= 11 is 6.05. The van der Waals surface area contributed by atoms with Crippen LogP contribution in [0.2, 0.25) is 5.02 Å². The Morgan fingerprint density at radius 2 is 1.80 bits per heavy atom. The Bertz CT molecular complexity index is 590. The second kappa shape index (κ2) is 6.16. The minimum atomic E-state index is -0.822. The molecule has 0 spiro atoms. The maximum Gasteiger partial charge on any atom is 0.125 e. The molecule has 0 aliphatic heterocycles. The fourth-order valence-corrected chi connectivity index (χ4v) is 2.45. The van der Waals surface area contributed by atoms with E-state index in [1.54, 1.807) is 38.5 Å². The summed E-state index contributed by atoms with van der Waals surface area (Å²) in [5.74, 6) is 1.27. The number of aliphatic hydroxyl groups is 1. The van der Waals surface area contributed by atoms with E-state index < -0.39 is 6.10 Å². The van der Waals surface area contributed by atoms with E-state index >= 15 is 0 Å². The molecule has 106 valence electrons. The van der Waals surface area contributed by atoms with Crippen LogP contribution < -0.4 is 9.47 Å². The fraction of sp³-hybridized carbons (Fsp3) is 0.250. The predicted molar refractivity (Wildman–Crippen MR) is 79.8 cm³/mol. The van der Waals surface area contributed by atoms with Crippen LogP contribution in [0.25, 0.3) is 0 Å². The summed E-state index contributed by atoms with van der Waals surface area (Å²) in [6.45, 7) is 1.94. The molecule has 20 heavy (non-hydrogen) atoms. The molecule has 4 heteroatoms. The molecule has 1 unspecified atom stereocenters. The third-order valence-corrected chi connectivity index (χ3v) is 3.33. The molecule has 0 amide bonds. The quantitative estimate of drug-likeness (QED) is 0.933.